The smallest absolute Gasteiger partial charge is 0.240 e. The van der Waals surface area contributed by atoms with E-state index in [2.05, 4.69) is 10.0 Å². The van der Waals surface area contributed by atoms with Crippen molar-refractivity contribution in [2.75, 3.05) is 6.54 Å². The summed E-state index contributed by atoms with van der Waals surface area (Å²) >= 11 is 1.60. The molecule has 1 unspecified atom stereocenters. The highest BCUT2D eigenvalue weighted by molar-refractivity contribution is 7.89. The summed E-state index contributed by atoms with van der Waals surface area (Å²) in [5, 5.41) is 6.84. The topological polar surface area (TPSA) is 75.3 Å². The average molecular weight is 370 g/mol. The van der Waals surface area contributed by atoms with Gasteiger partial charge in [-0.25, -0.2) is 17.5 Å². The Morgan fingerprint density at radius 3 is 2.58 bits per heavy atom. The lowest BCUT2D eigenvalue weighted by molar-refractivity contribution is -0.121. The standard InChI is InChI=1S/C16H19FN2O3S2/c1-12(10-13-7-9-23-11-13)19-16(20)6-8-18-24(21,22)15-4-2-14(17)3-5-15/h2-5,7,9,11-12,18H,6,8,10H2,1H3,(H,19,20). The second-order valence-corrected chi connectivity index (χ2v) is 7.95. The van der Waals surface area contributed by atoms with E-state index in [1.165, 1.54) is 12.1 Å². The molecule has 0 aliphatic rings. The molecule has 0 radical (unpaired) electrons. The van der Waals surface area contributed by atoms with Gasteiger partial charge in [0.25, 0.3) is 0 Å². The molecule has 1 aromatic carbocycles. The third kappa shape index (κ3) is 5.70. The zero-order valence-electron chi connectivity index (χ0n) is 13.2. The van der Waals surface area contributed by atoms with Crippen LogP contribution in [0.2, 0.25) is 0 Å². The highest BCUT2D eigenvalue weighted by Gasteiger charge is 2.15. The number of hydrogen-bond donors (Lipinski definition) is 2. The third-order valence-electron chi connectivity index (χ3n) is 3.30. The summed E-state index contributed by atoms with van der Waals surface area (Å²) in [4.78, 5) is 11.8. The molecule has 2 rings (SSSR count). The summed E-state index contributed by atoms with van der Waals surface area (Å²) in [7, 11) is -3.74. The van der Waals surface area contributed by atoms with E-state index in [9.17, 15) is 17.6 Å². The number of carbonyl (C=O) groups excluding carboxylic acids is 1. The molecule has 130 valence electrons. The van der Waals surface area contributed by atoms with Crippen LogP contribution in [0.25, 0.3) is 0 Å². The lowest BCUT2D eigenvalue weighted by Crippen LogP contribution is -2.36. The van der Waals surface area contributed by atoms with Crippen molar-refractivity contribution in [3.63, 3.8) is 0 Å². The number of amides is 1. The Kier molecular flexibility index (Phi) is 6.47. The summed E-state index contributed by atoms with van der Waals surface area (Å²) in [6, 6.07) is 6.49. The molecule has 1 atom stereocenters. The zero-order chi connectivity index (χ0) is 17.6. The lowest BCUT2D eigenvalue weighted by atomic mass is 10.1. The molecule has 0 saturated carbocycles. The fourth-order valence-electron chi connectivity index (χ4n) is 2.16. The molecule has 0 fully saturated rings. The summed E-state index contributed by atoms with van der Waals surface area (Å²) in [5.41, 5.74) is 1.16. The Morgan fingerprint density at radius 1 is 1.25 bits per heavy atom. The monoisotopic (exact) mass is 370 g/mol. The molecule has 5 nitrogen and oxygen atoms in total. The van der Waals surface area contributed by atoms with Crippen LogP contribution >= 0.6 is 11.3 Å². The minimum Gasteiger partial charge on any atom is -0.353 e. The van der Waals surface area contributed by atoms with Crippen LogP contribution in [0.5, 0.6) is 0 Å². The van der Waals surface area contributed by atoms with Crippen molar-refractivity contribution in [1.82, 2.24) is 10.0 Å². The van der Waals surface area contributed by atoms with Crippen LogP contribution in [0.4, 0.5) is 4.39 Å². The highest BCUT2D eigenvalue weighted by Crippen LogP contribution is 2.10. The van der Waals surface area contributed by atoms with Gasteiger partial charge in [0.2, 0.25) is 15.9 Å². The Balaban J connectivity index is 1.76. The van der Waals surface area contributed by atoms with Gasteiger partial charge in [-0.05, 0) is 60.0 Å². The van der Waals surface area contributed by atoms with Gasteiger partial charge in [-0.1, -0.05) is 0 Å². The first-order valence-electron chi connectivity index (χ1n) is 7.42. The van der Waals surface area contributed by atoms with Crippen molar-refractivity contribution >= 4 is 27.3 Å². The molecule has 2 aromatic rings. The highest BCUT2D eigenvalue weighted by atomic mass is 32.2. The summed E-state index contributed by atoms with van der Waals surface area (Å²) < 4.78 is 39.1. The summed E-state index contributed by atoms with van der Waals surface area (Å²) in [6.45, 7) is 1.88. The molecule has 0 aliphatic carbocycles. The van der Waals surface area contributed by atoms with Gasteiger partial charge in [-0.2, -0.15) is 11.3 Å². The third-order valence-corrected chi connectivity index (χ3v) is 5.51. The average Bonchev–Trinajstić information content (AvgIpc) is 3.00. The van der Waals surface area contributed by atoms with Gasteiger partial charge in [-0.3, -0.25) is 4.79 Å². The Labute approximate surface area is 145 Å². The summed E-state index contributed by atoms with van der Waals surface area (Å²) in [5.74, 6) is -0.729. The maximum Gasteiger partial charge on any atom is 0.240 e. The van der Waals surface area contributed by atoms with Crippen LogP contribution < -0.4 is 10.0 Å². The molecule has 0 bridgehead atoms. The van der Waals surface area contributed by atoms with Crippen LogP contribution in [-0.4, -0.2) is 26.9 Å². The van der Waals surface area contributed by atoms with Crippen molar-refractivity contribution in [3.8, 4) is 0 Å². The minimum atomic E-state index is -3.74. The van der Waals surface area contributed by atoms with Gasteiger partial charge in [0.15, 0.2) is 0 Å². The largest absolute Gasteiger partial charge is 0.353 e. The normalized spacial score (nSPS) is 12.8. The van der Waals surface area contributed by atoms with Gasteiger partial charge >= 0.3 is 0 Å². The SMILES string of the molecule is CC(Cc1ccsc1)NC(=O)CCNS(=O)(=O)c1ccc(F)cc1. The van der Waals surface area contributed by atoms with Crippen LogP contribution in [0.3, 0.4) is 0 Å². The van der Waals surface area contributed by atoms with E-state index >= 15 is 0 Å². The number of sulfonamides is 1. The lowest BCUT2D eigenvalue weighted by Gasteiger charge is -2.13. The van der Waals surface area contributed by atoms with Gasteiger partial charge in [0, 0.05) is 19.0 Å². The first-order valence-corrected chi connectivity index (χ1v) is 9.85. The quantitative estimate of drug-likeness (QED) is 0.749. The van der Waals surface area contributed by atoms with E-state index in [0.29, 0.717) is 0 Å². The molecule has 1 amide bonds. The zero-order valence-corrected chi connectivity index (χ0v) is 14.8. The van der Waals surface area contributed by atoms with Crippen molar-refractivity contribution in [3.05, 3.63) is 52.5 Å². The van der Waals surface area contributed by atoms with Gasteiger partial charge < -0.3 is 5.32 Å². The van der Waals surface area contributed by atoms with E-state index in [-0.39, 0.29) is 29.8 Å². The fraction of sp³-hybridized carbons (Fsp3) is 0.312. The van der Waals surface area contributed by atoms with Gasteiger partial charge in [0.1, 0.15) is 5.82 Å². The molecule has 1 heterocycles. The molecule has 0 aliphatic heterocycles. The number of nitrogens with one attached hydrogen (secondary N) is 2. The molecule has 0 spiro atoms. The number of thiophene rings is 1. The minimum absolute atomic E-state index is 0.0171. The number of benzene rings is 1. The molecule has 1 aromatic heterocycles. The van der Waals surface area contributed by atoms with Crippen LogP contribution in [0, 0.1) is 5.82 Å². The van der Waals surface area contributed by atoms with E-state index in [0.717, 1.165) is 24.1 Å². The van der Waals surface area contributed by atoms with Crippen LogP contribution in [0.1, 0.15) is 18.9 Å². The van der Waals surface area contributed by atoms with Crippen molar-refractivity contribution < 1.29 is 17.6 Å². The maximum atomic E-state index is 12.8. The molecule has 8 heteroatoms. The molecule has 2 N–H and O–H groups in total. The number of halogens is 1. The number of rotatable bonds is 8. The van der Waals surface area contributed by atoms with Crippen LogP contribution in [0.15, 0.2) is 46.0 Å². The summed E-state index contributed by atoms with van der Waals surface area (Å²) in [6.07, 6.45) is 0.769. The van der Waals surface area contributed by atoms with Crippen molar-refractivity contribution in [1.29, 1.82) is 0 Å². The maximum absolute atomic E-state index is 12.8. The van der Waals surface area contributed by atoms with Crippen molar-refractivity contribution in [2.24, 2.45) is 0 Å². The molecular formula is C16H19FN2O3S2. The van der Waals surface area contributed by atoms with Gasteiger partial charge in [-0.15, -0.1) is 0 Å². The Morgan fingerprint density at radius 2 is 1.96 bits per heavy atom. The molecule has 0 saturated heterocycles. The number of carbonyl (C=O) groups is 1. The second-order valence-electron chi connectivity index (χ2n) is 5.41. The predicted molar refractivity (Wildman–Crippen MR) is 91.8 cm³/mol. The van der Waals surface area contributed by atoms with E-state index in [1.54, 1.807) is 11.3 Å². The second kappa shape index (κ2) is 8.36. The van der Waals surface area contributed by atoms with Crippen molar-refractivity contribution in [2.45, 2.75) is 30.7 Å². The van der Waals surface area contributed by atoms with Crippen LogP contribution in [-0.2, 0) is 21.2 Å². The number of hydrogen-bond acceptors (Lipinski definition) is 4. The Hall–Kier alpha value is -1.77. The molecule has 24 heavy (non-hydrogen) atoms. The van der Waals surface area contributed by atoms with E-state index < -0.39 is 15.8 Å². The fourth-order valence-corrected chi connectivity index (χ4v) is 3.87. The van der Waals surface area contributed by atoms with Gasteiger partial charge in [0.05, 0.1) is 4.90 Å². The van der Waals surface area contributed by atoms with E-state index in [1.807, 2.05) is 23.8 Å². The molecular weight excluding hydrogens is 351 g/mol. The van der Waals surface area contributed by atoms with E-state index in [4.69, 9.17) is 0 Å². The Bertz CT molecular complexity index is 759. The first-order chi connectivity index (χ1) is 11.4. The predicted octanol–water partition coefficient (Wildman–Crippen LogP) is 2.30. The first kappa shape index (κ1) is 18.6.